The van der Waals surface area contributed by atoms with Crippen LogP contribution in [-0.2, 0) is 0 Å². The molecule has 19 heavy (non-hydrogen) atoms. The van der Waals surface area contributed by atoms with Gasteiger partial charge in [-0.2, -0.15) is 0 Å². The van der Waals surface area contributed by atoms with Crippen molar-refractivity contribution < 1.29 is 4.74 Å². The second-order valence-corrected chi connectivity index (χ2v) is 6.10. The quantitative estimate of drug-likeness (QED) is 0.890. The molecule has 1 aromatic carbocycles. The Bertz CT molecular complexity index is 565. The average Bonchev–Trinajstić information content (AvgIpc) is 3.13. The van der Waals surface area contributed by atoms with Crippen molar-refractivity contribution in [2.24, 2.45) is 0 Å². The van der Waals surface area contributed by atoms with E-state index in [2.05, 4.69) is 17.4 Å². The highest BCUT2D eigenvalue weighted by molar-refractivity contribution is 7.10. The Labute approximate surface area is 122 Å². The van der Waals surface area contributed by atoms with Crippen LogP contribution < -0.4 is 10.1 Å². The summed E-state index contributed by atoms with van der Waals surface area (Å²) in [5.74, 6) is 0.952. The van der Waals surface area contributed by atoms with Gasteiger partial charge in [0.1, 0.15) is 5.75 Å². The number of rotatable bonds is 5. The van der Waals surface area contributed by atoms with Crippen LogP contribution in [0.1, 0.15) is 29.3 Å². The highest BCUT2D eigenvalue weighted by Gasteiger charge is 2.24. The molecule has 3 rings (SSSR count). The Kier molecular flexibility index (Phi) is 3.78. The minimum Gasteiger partial charge on any atom is -0.490 e. The number of nitrogens with one attached hydrogen (secondary N) is 1. The Morgan fingerprint density at radius 2 is 2.21 bits per heavy atom. The normalized spacial score (nSPS) is 16.3. The van der Waals surface area contributed by atoms with Gasteiger partial charge in [0.25, 0.3) is 0 Å². The van der Waals surface area contributed by atoms with Crippen LogP contribution in [0.2, 0.25) is 5.02 Å². The maximum atomic E-state index is 6.24. The zero-order chi connectivity index (χ0) is 13.2. The van der Waals surface area contributed by atoms with E-state index in [-0.39, 0.29) is 6.04 Å². The summed E-state index contributed by atoms with van der Waals surface area (Å²) in [5.41, 5.74) is 1.19. The molecule has 1 saturated carbocycles. The third-order valence-corrected chi connectivity index (χ3v) is 4.64. The Morgan fingerprint density at radius 1 is 1.37 bits per heavy atom. The van der Waals surface area contributed by atoms with E-state index in [1.54, 1.807) is 11.3 Å². The molecule has 1 aromatic heterocycles. The molecule has 0 bridgehead atoms. The van der Waals surface area contributed by atoms with E-state index < -0.39 is 0 Å². The molecule has 1 N–H and O–H groups in total. The zero-order valence-electron chi connectivity index (χ0n) is 10.7. The first-order valence-electron chi connectivity index (χ1n) is 6.44. The lowest BCUT2D eigenvalue weighted by atomic mass is 10.1. The maximum Gasteiger partial charge on any atom is 0.120 e. The summed E-state index contributed by atoms with van der Waals surface area (Å²) in [6, 6.07) is 10.3. The van der Waals surface area contributed by atoms with E-state index in [4.69, 9.17) is 16.3 Å². The maximum absolute atomic E-state index is 6.24. The molecule has 0 amide bonds. The summed E-state index contributed by atoms with van der Waals surface area (Å²) in [7, 11) is 1.95. The molecule has 1 heterocycles. The first kappa shape index (κ1) is 13.0. The smallest absolute Gasteiger partial charge is 0.120 e. The van der Waals surface area contributed by atoms with Crippen LogP contribution >= 0.6 is 22.9 Å². The molecule has 2 nitrogen and oxygen atoms in total. The van der Waals surface area contributed by atoms with Crippen molar-refractivity contribution >= 4 is 22.9 Å². The van der Waals surface area contributed by atoms with Crippen LogP contribution in [-0.4, -0.2) is 13.2 Å². The van der Waals surface area contributed by atoms with E-state index in [9.17, 15) is 0 Å². The zero-order valence-corrected chi connectivity index (χ0v) is 12.3. The molecule has 0 spiro atoms. The monoisotopic (exact) mass is 293 g/mol. The second-order valence-electron chi connectivity index (χ2n) is 4.74. The van der Waals surface area contributed by atoms with Crippen LogP contribution in [0.25, 0.3) is 0 Å². The van der Waals surface area contributed by atoms with Gasteiger partial charge >= 0.3 is 0 Å². The molecule has 100 valence electrons. The molecule has 0 aliphatic heterocycles. The molecular formula is C15H16ClNOS. The number of benzene rings is 1. The third kappa shape index (κ3) is 2.94. The predicted molar refractivity (Wildman–Crippen MR) is 80.3 cm³/mol. The molecule has 1 fully saturated rings. The van der Waals surface area contributed by atoms with Gasteiger partial charge in [-0.25, -0.2) is 0 Å². The van der Waals surface area contributed by atoms with Gasteiger partial charge in [0.05, 0.1) is 17.2 Å². The minimum atomic E-state index is 0.121. The lowest BCUT2D eigenvalue weighted by molar-refractivity contribution is 0.302. The molecule has 0 radical (unpaired) electrons. The summed E-state index contributed by atoms with van der Waals surface area (Å²) in [6.45, 7) is 0. The Balaban J connectivity index is 1.88. The third-order valence-electron chi connectivity index (χ3n) is 3.21. The molecule has 2 aromatic rings. The van der Waals surface area contributed by atoms with Gasteiger partial charge in [-0.05, 0) is 49.0 Å². The van der Waals surface area contributed by atoms with Crippen molar-refractivity contribution in [3.63, 3.8) is 0 Å². The average molecular weight is 294 g/mol. The Morgan fingerprint density at radius 3 is 2.84 bits per heavy atom. The SMILES string of the molecule is CNC(c1cccc(OC2CC2)c1)c1sccc1Cl. The largest absolute Gasteiger partial charge is 0.490 e. The lowest BCUT2D eigenvalue weighted by Gasteiger charge is -2.17. The fourth-order valence-corrected chi connectivity index (χ4v) is 3.41. The van der Waals surface area contributed by atoms with Gasteiger partial charge in [0.15, 0.2) is 0 Å². The number of thiophene rings is 1. The van der Waals surface area contributed by atoms with Gasteiger partial charge in [0.2, 0.25) is 0 Å². The van der Waals surface area contributed by atoms with Crippen LogP contribution in [0.15, 0.2) is 35.7 Å². The van der Waals surface area contributed by atoms with Gasteiger partial charge < -0.3 is 10.1 Å². The first-order valence-corrected chi connectivity index (χ1v) is 7.70. The summed E-state index contributed by atoms with van der Waals surface area (Å²) in [4.78, 5) is 1.15. The second kappa shape index (κ2) is 5.53. The van der Waals surface area contributed by atoms with Gasteiger partial charge in [-0.3, -0.25) is 0 Å². The van der Waals surface area contributed by atoms with Crippen LogP contribution in [0.3, 0.4) is 0 Å². The molecule has 4 heteroatoms. The number of hydrogen-bond donors (Lipinski definition) is 1. The number of hydrogen-bond acceptors (Lipinski definition) is 3. The van der Waals surface area contributed by atoms with Gasteiger partial charge in [-0.15, -0.1) is 11.3 Å². The van der Waals surface area contributed by atoms with Crippen molar-refractivity contribution in [2.75, 3.05) is 7.05 Å². The fraction of sp³-hybridized carbons (Fsp3) is 0.333. The van der Waals surface area contributed by atoms with Gasteiger partial charge in [0, 0.05) is 4.88 Å². The minimum absolute atomic E-state index is 0.121. The summed E-state index contributed by atoms with van der Waals surface area (Å²) >= 11 is 7.91. The molecule has 0 saturated heterocycles. The molecular weight excluding hydrogens is 278 g/mol. The summed E-state index contributed by atoms with van der Waals surface area (Å²) < 4.78 is 5.85. The van der Waals surface area contributed by atoms with Crippen molar-refractivity contribution in [3.05, 3.63) is 51.2 Å². The number of ether oxygens (including phenoxy) is 1. The predicted octanol–water partition coefficient (Wildman–Crippen LogP) is 4.25. The van der Waals surface area contributed by atoms with Crippen molar-refractivity contribution in [2.45, 2.75) is 25.0 Å². The van der Waals surface area contributed by atoms with Crippen molar-refractivity contribution in [3.8, 4) is 5.75 Å². The van der Waals surface area contributed by atoms with E-state index in [0.29, 0.717) is 6.10 Å². The molecule has 1 aliphatic carbocycles. The highest BCUT2D eigenvalue weighted by Crippen LogP contribution is 2.34. The van der Waals surface area contributed by atoms with Crippen molar-refractivity contribution in [1.82, 2.24) is 5.32 Å². The van der Waals surface area contributed by atoms with E-state index in [1.807, 2.05) is 30.6 Å². The van der Waals surface area contributed by atoms with E-state index in [1.165, 1.54) is 18.4 Å². The van der Waals surface area contributed by atoms with Crippen LogP contribution in [0, 0.1) is 0 Å². The summed E-state index contributed by atoms with van der Waals surface area (Å²) in [6.07, 6.45) is 2.78. The number of halogens is 1. The standard InChI is InChI=1S/C15H16ClNOS/c1-17-14(15-13(16)7-8-19-15)10-3-2-4-12(9-10)18-11-5-6-11/h2-4,7-9,11,14,17H,5-6H2,1H3. The van der Waals surface area contributed by atoms with E-state index >= 15 is 0 Å². The van der Waals surface area contributed by atoms with Crippen LogP contribution in [0.4, 0.5) is 0 Å². The molecule has 1 aliphatic rings. The highest BCUT2D eigenvalue weighted by atomic mass is 35.5. The van der Waals surface area contributed by atoms with E-state index in [0.717, 1.165) is 15.6 Å². The molecule has 1 atom stereocenters. The van der Waals surface area contributed by atoms with Crippen LogP contribution in [0.5, 0.6) is 5.75 Å². The fourth-order valence-electron chi connectivity index (χ4n) is 2.11. The van der Waals surface area contributed by atoms with Crippen molar-refractivity contribution in [1.29, 1.82) is 0 Å². The Hall–Kier alpha value is -1.03. The lowest BCUT2D eigenvalue weighted by Crippen LogP contribution is -2.16. The first-order chi connectivity index (χ1) is 9.28. The molecule has 1 unspecified atom stereocenters. The summed E-state index contributed by atoms with van der Waals surface area (Å²) in [5, 5.41) is 6.17. The topological polar surface area (TPSA) is 21.3 Å². The van der Waals surface area contributed by atoms with Gasteiger partial charge in [-0.1, -0.05) is 23.7 Å².